The van der Waals surface area contributed by atoms with Crippen LogP contribution in [-0.2, 0) is 11.2 Å². The molecule has 106 valence electrons. The van der Waals surface area contributed by atoms with Crippen molar-refractivity contribution in [1.82, 2.24) is 4.98 Å². The summed E-state index contributed by atoms with van der Waals surface area (Å²) in [5.41, 5.74) is 6.10. The van der Waals surface area contributed by atoms with E-state index in [9.17, 15) is 0 Å². The van der Waals surface area contributed by atoms with Gasteiger partial charge in [-0.25, -0.2) is 0 Å². The van der Waals surface area contributed by atoms with Crippen molar-refractivity contribution < 1.29 is 0 Å². The number of nitrogens with one attached hydrogen (secondary N) is 1. The molecular formula is C16H21N3S. The van der Waals surface area contributed by atoms with Crippen LogP contribution in [0.25, 0.3) is 0 Å². The minimum Gasteiger partial charge on any atom is -0.324 e. The Hall–Kier alpha value is -1.52. The summed E-state index contributed by atoms with van der Waals surface area (Å²) in [6.45, 7) is 6.68. The Morgan fingerprint density at radius 2 is 1.85 bits per heavy atom. The predicted octanol–water partition coefficient (Wildman–Crippen LogP) is 3.96. The molecule has 0 fully saturated rings. The second kappa shape index (κ2) is 6.29. The van der Waals surface area contributed by atoms with Crippen molar-refractivity contribution in [3.8, 4) is 0 Å². The molecule has 0 spiro atoms. The van der Waals surface area contributed by atoms with Crippen molar-refractivity contribution in [2.75, 3.05) is 5.43 Å². The number of aromatic nitrogens is 1. The Balaban J connectivity index is 2.00. The van der Waals surface area contributed by atoms with Gasteiger partial charge < -0.3 is 5.43 Å². The van der Waals surface area contributed by atoms with Crippen LogP contribution in [0.5, 0.6) is 0 Å². The molecule has 0 aliphatic rings. The summed E-state index contributed by atoms with van der Waals surface area (Å²) in [6, 6.07) is 12.6. The monoisotopic (exact) mass is 287 g/mol. The van der Waals surface area contributed by atoms with Crippen LogP contribution in [0.15, 0.2) is 47.5 Å². The summed E-state index contributed by atoms with van der Waals surface area (Å²) in [7, 11) is 0. The summed E-state index contributed by atoms with van der Waals surface area (Å²) >= 11 is 1.78. The lowest BCUT2D eigenvalue weighted by atomic mass is 9.87. The van der Waals surface area contributed by atoms with Crippen molar-refractivity contribution in [2.45, 2.75) is 36.8 Å². The van der Waals surface area contributed by atoms with Crippen molar-refractivity contribution in [3.63, 3.8) is 0 Å². The number of nitrogens with zero attached hydrogens (tertiary/aromatic N) is 1. The van der Waals surface area contributed by atoms with Crippen molar-refractivity contribution in [2.24, 2.45) is 5.84 Å². The van der Waals surface area contributed by atoms with Gasteiger partial charge in [-0.15, -0.1) is 11.8 Å². The van der Waals surface area contributed by atoms with E-state index >= 15 is 0 Å². The molecule has 0 radical (unpaired) electrons. The molecule has 3 nitrogen and oxygen atoms in total. The third-order valence-corrected chi connectivity index (χ3v) is 4.14. The first kappa shape index (κ1) is 14.9. The third-order valence-electron chi connectivity index (χ3n) is 3.09. The van der Waals surface area contributed by atoms with E-state index in [1.165, 1.54) is 10.5 Å². The molecule has 0 saturated carbocycles. The number of benzene rings is 1. The van der Waals surface area contributed by atoms with Gasteiger partial charge in [-0.1, -0.05) is 32.9 Å². The Morgan fingerprint density at radius 3 is 2.45 bits per heavy atom. The number of pyridine rings is 1. The van der Waals surface area contributed by atoms with Gasteiger partial charge in [-0.2, -0.15) is 0 Å². The molecule has 0 saturated heterocycles. The molecule has 0 bridgehead atoms. The first-order valence-electron chi connectivity index (χ1n) is 6.64. The normalized spacial score (nSPS) is 11.4. The Bertz CT molecular complexity index is 559. The first-order valence-corrected chi connectivity index (χ1v) is 7.62. The number of thioether (sulfide) groups is 1. The lowest BCUT2D eigenvalue weighted by Gasteiger charge is -2.19. The molecule has 0 aliphatic carbocycles. The van der Waals surface area contributed by atoms with Gasteiger partial charge in [0.15, 0.2) is 0 Å². The fourth-order valence-corrected chi connectivity index (χ4v) is 2.66. The number of hydrazine groups is 1. The second-order valence-corrected chi connectivity index (χ2v) is 6.79. The molecule has 0 atom stereocenters. The SMILES string of the molecule is CC(C)(C)c1ccc(SCc2cc(NN)ccn2)cc1. The van der Waals surface area contributed by atoms with Gasteiger partial charge in [0.1, 0.15) is 0 Å². The van der Waals surface area contributed by atoms with E-state index in [-0.39, 0.29) is 5.41 Å². The molecule has 4 heteroatoms. The Morgan fingerprint density at radius 1 is 1.15 bits per heavy atom. The Kier molecular flexibility index (Phi) is 4.68. The quantitative estimate of drug-likeness (QED) is 0.508. The molecule has 3 N–H and O–H groups in total. The van der Waals surface area contributed by atoms with E-state index < -0.39 is 0 Å². The molecule has 20 heavy (non-hydrogen) atoms. The third kappa shape index (κ3) is 3.99. The van der Waals surface area contributed by atoms with Gasteiger partial charge in [-0.05, 0) is 35.2 Å². The van der Waals surface area contributed by atoms with Crippen LogP contribution in [0.1, 0.15) is 32.0 Å². The maximum Gasteiger partial charge on any atom is 0.0527 e. The number of nitrogens with two attached hydrogens (primary N) is 1. The van der Waals surface area contributed by atoms with Gasteiger partial charge in [0.2, 0.25) is 0 Å². The topological polar surface area (TPSA) is 50.9 Å². The van der Waals surface area contributed by atoms with Crippen LogP contribution in [0.4, 0.5) is 5.69 Å². The number of nitrogen functional groups attached to an aromatic ring is 1. The maximum atomic E-state index is 5.40. The van der Waals surface area contributed by atoms with Crippen molar-refractivity contribution >= 4 is 17.4 Å². The average Bonchev–Trinajstić information content (AvgIpc) is 2.45. The van der Waals surface area contributed by atoms with E-state index in [1.54, 1.807) is 18.0 Å². The van der Waals surface area contributed by atoms with Gasteiger partial charge >= 0.3 is 0 Å². The fraction of sp³-hybridized carbons (Fsp3) is 0.312. The second-order valence-electron chi connectivity index (χ2n) is 5.74. The highest BCUT2D eigenvalue weighted by Gasteiger charge is 2.12. The van der Waals surface area contributed by atoms with Gasteiger partial charge in [0.05, 0.1) is 11.4 Å². The molecule has 2 rings (SSSR count). The molecule has 1 aromatic carbocycles. The maximum absolute atomic E-state index is 5.40. The minimum absolute atomic E-state index is 0.200. The highest BCUT2D eigenvalue weighted by atomic mass is 32.2. The fourth-order valence-electron chi connectivity index (χ4n) is 1.86. The summed E-state index contributed by atoms with van der Waals surface area (Å²) < 4.78 is 0. The predicted molar refractivity (Wildman–Crippen MR) is 86.8 cm³/mol. The van der Waals surface area contributed by atoms with E-state index in [1.807, 2.05) is 12.1 Å². The lowest BCUT2D eigenvalue weighted by Crippen LogP contribution is -2.10. The number of hydrogen-bond donors (Lipinski definition) is 2. The van der Waals surface area contributed by atoms with Crippen LogP contribution < -0.4 is 11.3 Å². The zero-order valence-electron chi connectivity index (χ0n) is 12.2. The molecule has 0 aliphatic heterocycles. The number of anilines is 1. The summed E-state index contributed by atoms with van der Waals surface area (Å²) in [5, 5.41) is 0. The minimum atomic E-state index is 0.200. The van der Waals surface area contributed by atoms with E-state index in [0.717, 1.165) is 17.1 Å². The molecule has 0 unspecified atom stereocenters. The molecular weight excluding hydrogens is 266 g/mol. The standard InChI is InChI=1S/C16H21N3S/c1-16(2,3)12-4-6-15(7-5-12)20-11-14-10-13(19-17)8-9-18-14/h4-10H,11,17H2,1-3H3,(H,18,19). The van der Waals surface area contributed by atoms with Gasteiger partial charge in [0, 0.05) is 16.8 Å². The smallest absolute Gasteiger partial charge is 0.0527 e. The van der Waals surface area contributed by atoms with E-state index in [2.05, 4.69) is 55.4 Å². The molecule has 1 aromatic heterocycles. The average molecular weight is 287 g/mol. The Labute approximate surface area is 125 Å². The molecule has 1 heterocycles. The van der Waals surface area contributed by atoms with Gasteiger partial charge in [-0.3, -0.25) is 10.8 Å². The van der Waals surface area contributed by atoms with Crippen LogP contribution in [0, 0.1) is 0 Å². The number of hydrogen-bond acceptors (Lipinski definition) is 4. The highest BCUT2D eigenvalue weighted by Crippen LogP contribution is 2.27. The lowest BCUT2D eigenvalue weighted by molar-refractivity contribution is 0.590. The van der Waals surface area contributed by atoms with Crippen LogP contribution in [-0.4, -0.2) is 4.98 Å². The highest BCUT2D eigenvalue weighted by molar-refractivity contribution is 7.98. The van der Waals surface area contributed by atoms with Crippen LogP contribution in [0.2, 0.25) is 0 Å². The molecule has 0 amide bonds. The largest absolute Gasteiger partial charge is 0.324 e. The van der Waals surface area contributed by atoms with Crippen molar-refractivity contribution in [1.29, 1.82) is 0 Å². The van der Waals surface area contributed by atoms with Crippen LogP contribution in [0.3, 0.4) is 0 Å². The summed E-state index contributed by atoms with van der Waals surface area (Å²) in [6.07, 6.45) is 1.77. The van der Waals surface area contributed by atoms with Crippen molar-refractivity contribution in [3.05, 3.63) is 53.9 Å². The van der Waals surface area contributed by atoms with Gasteiger partial charge in [0.25, 0.3) is 0 Å². The molecule has 2 aromatic rings. The summed E-state index contributed by atoms with van der Waals surface area (Å²) in [5.74, 6) is 6.24. The zero-order chi connectivity index (χ0) is 14.6. The van der Waals surface area contributed by atoms with Crippen LogP contribution >= 0.6 is 11.8 Å². The first-order chi connectivity index (χ1) is 9.49. The van der Waals surface area contributed by atoms with E-state index in [0.29, 0.717) is 0 Å². The number of rotatable bonds is 4. The van der Waals surface area contributed by atoms with E-state index in [4.69, 9.17) is 5.84 Å². The summed E-state index contributed by atoms with van der Waals surface area (Å²) in [4.78, 5) is 5.60. The zero-order valence-corrected chi connectivity index (χ0v) is 13.0.